The van der Waals surface area contributed by atoms with Crippen LogP contribution in [0.25, 0.3) is 0 Å². The molecule has 0 unspecified atom stereocenters. The molecule has 0 aliphatic rings. The van der Waals surface area contributed by atoms with E-state index in [1.807, 2.05) is 6.20 Å². The smallest absolute Gasteiger partial charge is 0.185 e. The van der Waals surface area contributed by atoms with Crippen LogP contribution in [0.4, 0.5) is 5.13 Å². The molecule has 1 aromatic rings. The fraction of sp³-hybridized carbons (Fsp3) is 0.769. The highest BCUT2D eigenvalue weighted by molar-refractivity contribution is 7.15. The van der Waals surface area contributed by atoms with Crippen LogP contribution >= 0.6 is 11.3 Å². The maximum atomic E-state index is 4.99. The van der Waals surface area contributed by atoms with Gasteiger partial charge in [0.2, 0.25) is 0 Å². The van der Waals surface area contributed by atoms with E-state index in [-0.39, 0.29) is 0 Å². The van der Waals surface area contributed by atoms with Crippen LogP contribution in [-0.4, -0.2) is 38.8 Å². The SMILES string of the molecule is COCCNCc1cnc(N(C)CCC(C)C)s1. The molecule has 0 aliphatic carbocycles. The average molecular weight is 271 g/mol. The van der Waals surface area contributed by atoms with Crippen molar-refractivity contribution in [1.82, 2.24) is 10.3 Å². The molecule has 0 saturated carbocycles. The van der Waals surface area contributed by atoms with E-state index >= 15 is 0 Å². The van der Waals surface area contributed by atoms with Crippen molar-refractivity contribution >= 4 is 16.5 Å². The van der Waals surface area contributed by atoms with Crippen LogP contribution in [0, 0.1) is 5.92 Å². The lowest BCUT2D eigenvalue weighted by molar-refractivity contribution is 0.199. The van der Waals surface area contributed by atoms with Crippen molar-refractivity contribution in [3.8, 4) is 0 Å². The maximum absolute atomic E-state index is 4.99. The number of thiazole rings is 1. The Balaban J connectivity index is 2.32. The third-order valence-corrected chi connectivity index (χ3v) is 3.80. The molecule has 1 N–H and O–H groups in total. The number of rotatable bonds is 9. The first kappa shape index (κ1) is 15.4. The zero-order chi connectivity index (χ0) is 13.4. The molecular formula is C13H25N3OS. The molecule has 5 heteroatoms. The third kappa shape index (κ3) is 5.80. The molecular weight excluding hydrogens is 246 g/mol. The molecule has 1 aromatic heterocycles. The monoisotopic (exact) mass is 271 g/mol. The van der Waals surface area contributed by atoms with Gasteiger partial charge in [-0.2, -0.15) is 0 Å². The molecule has 0 spiro atoms. The summed E-state index contributed by atoms with van der Waals surface area (Å²) < 4.78 is 4.99. The lowest BCUT2D eigenvalue weighted by atomic mass is 10.1. The van der Waals surface area contributed by atoms with Gasteiger partial charge in [0.15, 0.2) is 5.13 Å². The van der Waals surface area contributed by atoms with Crippen LogP contribution in [0.2, 0.25) is 0 Å². The van der Waals surface area contributed by atoms with Crippen LogP contribution in [0.3, 0.4) is 0 Å². The highest BCUT2D eigenvalue weighted by Crippen LogP contribution is 2.21. The molecule has 4 nitrogen and oxygen atoms in total. The molecule has 18 heavy (non-hydrogen) atoms. The molecule has 1 heterocycles. The number of hydrogen-bond donors (Lipinski definition) is 1. The van der Waals surface area contributed by atoms with Gasteiger partial charge in [0.25, 0.3) is 0 Å². The largest absolute Gasteiger partial charge is 0.383 e. The topological polar surface area (TPSA) is 37.4 Å². The van der Waals surface area contributed by atoms with E-state index in [2.05, 4.69) is 36.1 Å². The van der Waals surface area contributed by atoms with Crippen LogP contribution < -0.4 is 10.2 Å². The number of aromatic nitrogens is 1. The van der Waals surface area contributed by atoms with Gasteiger partial charge in [0.1, 0.15) is 0 Å². The summed E-state index contributed by atoms with van der Waals surface area (Å²) in [5, 5.41) is 4.44. The maximum Gasteiger partial charge on any atom is 0.185 e. The second-order valence-corrected chi connectivity index (χ2v) is 5.98. The molecule has 0 aliphatic heterocycles. The summed E-state index contributed by atoms with van der Waals surface area (Å²) >= 11 is 1.76. The van der Waals surface area contributed by atoms with Gasteiger partial charge in [-0.3, -0.25) is 0 Å². The van der Waals surface area contributed by atoms with Gasteiger partial charge in [0, 0.05) is 44.9 Å². The first-order valence-corrected chi connectivity index (χ1v) is 7.30. The predicted octanol–water partition coefficient (Wildman–Crippen LogP) is 2.36. The molecule has 0 aromatic carbocycles. The van der Waals surface area contributed by atoms with Crippen molar-refractivity contribution in [3.05, 3.63) is 11.1 Å². The quantitative estimate of drug-likeness (QED) is 0.700. The Hall–Kier alpha value is -0.650. The summed E-state index contributed by atoms with van der Waals surface area (Å²) in [7, 11) is 3.83. The fourth-order valence-corrected chi connectivity index (χ4v) is 2.36. The minimum atomic E-state index is 0.739. The summed E-state index contributed by atoms with van der Waals surface area (Å²) in [5.74, 6) is 0.739. The summed E-state index contributed by atoms with van der Waals surface area (Å²) in [4.78, 5) is 7.98. The number of ether oxygens (including phenoxy) is 1. The second kappa shape index (κ2) is 8.45. The van der Waals surface area contributed by atoms with Crippen molar-refractivity contribution in [2.75, 3.05) is 38.8 Å². The number of nitrogens with zero attached hydrogens (tertiary/aromatic N) is 2. The third-order valence-electron chi connectivity index (χ3n) is 2.69. The van der Waals surface area contributed by atoms with Gasteiger partial charge in [0.05, 0.1) is 6.61 Å². The molecule has 0 amide bonds. The lowest BCUT2D eigenvalue weighted by Crippen LogP contribution is -2.19. The van der Waals surface area contributed by atoms with Crippen molar-refractivity contribution in [1.29, 1.82) is 0 Å². The number of anilines is 1. The van der Waals surface area contributed by atoms with Gasteiger partial charge in [-0.15, -0.1) is 11.3 Å². The molecule has 0 atom stereocenters. The summed E-state index contributed by atoms with van der Waals surface area (Å²) in [5.41, 5.74) is 0. The Morgan fingerprint density at radius 1 is 1.50 bits per heavy atom. The van der Waals surface area contributed by atoms with Crippen molar-refractivity contribution in [2.45, 2.75) is 26.8 Å². The van der Waals surface area contributed by atoms with Gasteiger partial charge in [-0.1, -0.05) is 13.8 Å². The van der Waals surface area contributed by atoms with E-state index in [1.165, 1.54) is 11.3 Å². The van der Waals surface area contributed by atoms with E-state index in [4.69, 9.17) is 4.74 Å². The van der Waals surface area contributed by atoms with E-state index in [9.17, 15) is 0 Å². The molecule has 1 rings (SSSR count). The Morgan fingerprint density at radius 3 is 2.94 bits per heavy atom. The highest BCUT2D eigenvalue weighted by Gasteiger charge is 2.07. The number of nitrogens with one attached hydrogen (secondary N) is 1. The second-order valence-electron chi connectivity index (χ2n) is 4.88. The van der Waals surface area contributed by atoms with E-state index in [0.29, 0.717) is 0 Å². The van der Waals surface area contributed by atoms with Gasteiger partial charge >= 0.3 is 0 Å². The Labute approximate surface area is 114 Å². The van der Waals surface area contributed by atoms with Crippen LogP contribution in [0.5, 0.6) is 0 Å². The predicted molar refractivity (Wildman–Crippen MR) is 78.4 cm³/mol. The summed E-state index contributed by atoms with van der Waals surface area (Å²) in [6.45, 7) is 8.08. The zero-order valence-electron chi connectivity index (χ0n) is 11.9. The minimum absolute atomic E-state index is 0.739. The normalized spacial score (nSPS) is 11.2. The molecule has 0 fully saturated rings. The highest BCUT2D eigenvalue weighted by atomic mass is 32.1. The fourth-order valence-electron chi connectivity index (χ4n) is 1.49. The summed E-state index contributed by atoms with van der Waals surface area (Å²) in [6, 6.07) is 0. The zero-order valence-corrected chi connectivity index (χ0v) is 12.7. The first-order chi connectivity index (χ1) is 8.63. The van der Waals surface area contributed by atoms with Crippen molar-refractivity contribution in [3.63, 3.8) is 0 Å². The van der Waals surface area contributed by atoms with Gasteiger partial charge in [-0.05, 0) is 12.3 Å². The average Bonchev–Trinajstić information content (AvgIpc) is 2.80. The van der Waals surface area contributed by atoms with E-state index < -0.39 is 0 Å². The van der Waals surface area contributed by atoms with Gasteiger partial charge < -0.3 is 15.0 Å². The van der Waals surface area contributed by atoms with Crippen molar-refractivity contribution < 1.29 is 4.74 Å². The molecule has 0 radical (unpaired) electrons. The Morgan fingerprint density at radius 2 is 2.28 bits per heavy atom. The Bertz CT molecular complexity index is 328. The van der Waals surface area contributed by atoms with Crippen LogP contribution in [0.1, 0.15) is 25.1 Å². The first-order valence-electron chi connectivity index (χ1n) is 6.49. The lowest BCUT2D eigenvalue weighted by Gasteiger charge is -2.16. The van der Waals surface area contributed by atoms with Crippen molar-refractivity contribution in [2.24, 2.45) is 5.92 Å². The molecule has 104 valence electrons. The molecule has 0 bridgehead atoms. The Kier molecular flexibility index (Phi) is 7.23. The minimum Gasteiger partial charge on any atom is -0.383 e. The van der Waals surface area contributed by atoms with Gasteiger partial charge in [-0.25, -0.2) is 4.98 Å². The number of methoxy groups -OCH3 is 1. The summed E-state index contributed by atoms with van der Waals surface area (Å²) in [6.07, 6.45) is 3.17. The van der Waals surface area contributed by atoms with E-state index in [0.717, 1.165) is 37.3 Å². The van der Waals surface area contributed by atoms with E-state index in [1.54, 1.807) is 18.4 Å². The van der Waals surface area contributed by atoms with Crippen LogP contribution in [-0.2, 0) is 11.3 Å². The standard InChI is InChI=1S/C13H25N3OS/c1-11(2)5-7-16(3)13-15-10-12(18-13)9-14-6-8-17-4/h10-11,14H,5-9H2,1-4H3. The number of hydrogen-bond acceptors (Lipinski definition) is 5. The molecule has 0 saturated heterocycles. The van der Waals surface area contributed by atoms with Crippen LogP contribution in [0.15, 0.2) is 6.20 Å².